The molecule has 0 fully saturated rings. The molecule has 0 saturated heterocycles. The number of carboxylic acids is 1. The zero-order valence-corrected chi connectivity index (χ0v) is 18.9. The van der Waals surface area contributed by atoms with Crippen LogP contribution in [0.25, 0.3) is 0 Å². The molecule has 3 aromatic carbocycles. The van der Waals surface area contributed by atoms with Gasteiger partial charge in [-0.1, -0.05) is 18.2 Å². The molecule has 35 heavy (non-hydrogen) atoms. The summed E-state index contributed by atoms with van der Waals surface area (Å²) in [6, 6.07) is 14.3. The Hall–Kier alpha value is -4.18. The van der Waals surface area contributed by atoms with E-state index < -0.39 is 23.4 Å². The van der Waals surface area contributed by atoms with E-state index in [2.05, 4.69) is 5.32 Å². The van der Waals surface area contributed by atoms with Gasteiger partial charge in [-0.2, -0.15) is 11.8 Å². The lowest BCUT2D eigenvalue weighted by Gasteiger charge is -2.37. The van der Waals surface area contributed by atoms with Crippen molar-refractivity contribution in [2.24, 2.45) is 0 Å². The molecule has 0 saturated carbocycles. The number of hydrogen-bond acceptors (Lipinski definition) is 8. The summed E-state index contributed by atoms with van der Waals surface area (Å²) in [6.07, 6.45) is -0.0827. The Labute approximate surface area is 203 Å². The number of carboxylic acid groups (broad SMARTS) is 1. The van der Waals surface area contributed by atoms with Crippen molar-refractivity contribution in [3.8, 4) is 23.0 Å². The number of benzene rings is 3. The van der Waals surface area contributed by atoms with Gasteiger partial charge < -0.3 is 30.1 Å². The Morgan fingerprint density at radius 1 is 1.00 bits per heavy atom. The lowest BCUT2D eigenvalue weighted by Crippen LogP contribution is -2.33. The molecule has 1 spiro atoms. The first-order valence-electron chi connectivity index (χ1n) is 10.6. The quantitative estimate of drug-likeness (QED) is 0.229. The van der Waals surface area contributed by atoms with Crippen LogP contribution in [0.1, 0.15) is 33.5 Å². The van der Waals surface area contributed by atoms with E-state index in [4.69, 9.17) is 14.6 Å². The molecule has 3 aromatic rings. The molecular formula is C25H19NO8S. The molecule has 0 radical (unpaired) electrons. The molecule has 5 rings (SSSR count). The van der Waals surface area contributed by atoms with Crippen LogP contribution in [0.2, 0.25) is 0 Å². The Morgan fingerprint density at radius 2 is 1.77 bits per heavy atom. The SMILES string of the molecule is O=C(O)CCSCC(=O)Nc1c(O)ccc2c1Oc1cc(O)ccc1C21OC(=O)c2ccccc21. The Morgan fingerprint density at radius 3 is 2.57 bits per heavy atom. The summed E-state index contributed by atoms with van der Waals surface area (Å²) < 4.78 is 12.1. The highest BCUT2D eigenvalue weighted by Gasteiger charge is 2.54. The number of aromatic hydroxyl groups is 2. The van der Waals surface area contributed by atoms with Crippen LogP contribution in [0.5, 0.6) is 23.0 Å². The monoisotopic (exact) mass is 493 g/mol. The number of amides is 1. The van der Waals surface area contributed by atoms with Gasteiger partial charge in [-0.3, -0.25) is 9.59 Å². The fraction of sp³-hybridized carbons (Fsp3) is 0.160. The minimum absolute atomic E-state index is 0.0277. The van der Waals surface area contributed by atoms with Crippen molar-refractivity contribution in [3.05, 3.63) is 76.9 Å². The number of fused-ring (bicyclic) bond motifs is 6. The molecular weight excluding hydrogens is 474 g/mol. The number of nitrogens with one attached hydrogen (secondary N) is 1. The van der Waals surface area contributed by atoms with Crippen molar-refractivity contribution in [1.82, 2.24) is 0 Å². The van der Waals surface area contributed by atoms with Crippen LogP contribution >= 0.6 is 11.8 Å². The average Bonchev–Trinajstić information content (AvgIpc) is 3.11. The van der Waals surface area contributed by atoms with Gasteiger partial charge in [-0.25, -0.2) is 4.79 Å². The molecule has 10 heteroatoms. The summed E-state index contributed by atoms with van der Waals surface area (Å²) in [5.74, 6) is -1.87. The molecule has 178 valence electrons. The molecule has 2 aliphatic rings. The third-order valence-corrected chi connectivity index (χ3v) is 6.76. The highest BCUT2D eigenvalue weighted by atomic mass is 32.2. The average molecular weight is 493 g/mol. The summed E-state index contributed by atoms with van der Waals surface area (Å²) in [7, 11) is 0. The summed E-state index contributed by atoms with van der Waals surface area (Å²) in [5, 5.41) is 32.1. The van der Waals surface area contributed by atoms with E-state index in [0.717, 1.165) is 11.8 Å². The predicted molar refractivity (Wildman–Crippen MR) is 126 cm³/mol. The van der Waals surface area contributed by atoms with Gasteiger partial charge in [0.2, 0.25) is 5.91 Å². The molecule has 1 unspecified atom stereocenters. The van der Waals surface area contributed by atoms with Crippen molar-refractivity contribution in [1.29, 1.82) is 0 Å². The summed E-state index contributed by atoms with van der Waals surface area (Å²) in [5.41, 5.74) is 0.351. The van der Waals surface area contributed by atoms with Crippen LogP contribution in [-0.2, 0) is 19.9 Å². The van der Waals surface area contributed by atoms with Gasteiger partial charge in [-0.15, -0.1) is 0 Å². The normalized spacial score (nSPS) is 17.1. The van der Waals surface area contributed by atoms with Gasteiger partial charge in [0.1, 0.15) is 22.9 Å². The van der Waals surface area contributed by atoms with E-state index in [1.165, 1.54) is 18.2 Å². The van der Waals surface area contributed by atoms with E-state index in [-0.39, 0.29) is 46.6 Å². The van der Waals surface area contributed by atoms with Crippen molar-refractivity contribution >= 4 is 35.3 Å². The van der Waals surface area contributed by atoms with Gasteiger partial charge in [0.05, 0.1) is 23.3 Å². The van der Waals surface area contributed by atoms with Crippen molar-refractivity contribution < 1.29 is 39.2 Å². The summed E-state index contributed by atoms with van der Waals surface area (Å²) in [4.78, 5) is 36.1. The van der Waals surface area contributed by atoms with Crippen LogP contribution < -0.4 is 10.1 Å². The largest absolute Gasteiger partial charge is 0.508 e. The molecule has 1 amide bonds. The maximum absolute atomic E-state index is 12.9. The Bertz CT molecular complexity index is 1390. The van der Waals surface area contributed by atoms with E-state index >= 15 is 0 Å². The number of thioether (sulfide) groups is 1. The maximum Gasteiger partial charge on any atom is 0.340 e. The Balaban J connectivity index is 1.61. The van der Waals surface area contributed by atoms with Gasteiger partial charge in [0.25, 0.3) is 0 Å². The maximum atomic E-state index is 12.9. The summed E-state index contributed by atoms with van der Waals surface area (Å²) in [6.45, 7) is 0. The zero-order chi connectivity index (χ0) is 24.7. The number of aliphatic carboxylic acids is 1. The Kier molecular flexibility index (Phi) is 5.52. The van der Waals surface area contributed by atoms with Gasteiger partial charge in [0, 0.05) is 22.9 Å². The first kappa shape index (κ1) is 22.6. The van der Waals surface area contributed by atoms with Crippen LogP contribution in [-0.4, -0.2) is 44.7 Å². The second-order valence-electron chi connectivity index (χ2n) is 7.98. The van der Waals surface area contributed by atoms with Gasteiger partial charge in [-0.05, 0) is 30.3 Å². The van der Waals surface area contributed by atoms with E-state index in [9.17, 15) is 24.6 Å². The number of rotatable bonds is 6. The zero-order valence-electron chi connectivity index (χ0n) is 18.1. The molecule has 0 aliphatic carbocycles. The number of hydrogen-bond donors (Lipinski definition) is 4. The molecule has 1 atom stereocenters. The highest BCUT2D eigenvalue weighted by molar-refractivity contribution is 7.99. The highest BCUT2D eigenvalue weighted by Crippen LogP contribution is 2.59. The summed E-state index contributed by atoms with van der Waals surface area (Å²) >= 11 is 1.13. The van der Waals surface area contributed by atoms with E-state index in [1.54, 1.807) is 36.4 Å². The van der Waals surface area contributed by atoms with Crippen LogP contribution in [0.4, 0.5) is 5.69 Å². The fourth-order valence-electron chi connectivity index (χ4n) is 4.33. The smallest absolute Gasteiger partial charge is 0.340 e. The van der Waals surface area contributed by atoms with Crippen LogP contribution in [0.15, 0.2) is 54.6 Å². The first-order chi connectivity index (χ1) is 16.8. The molecule has 0 bridgehead atoms. The molecule has 2 heterocycles. The van der Waals surface area contributed by atoms with Crippen molar-refractivity contribution in [2.75, 3.05) is 16.8 Å². The van der Waals surface area contributed by atoms with Crippen LogP contribution in [0, 0.1) is 0 Å². The number of carbonyl (C=O) groups excluding carboxylic acids is 2. The third-order valence-electron chi connectivity index (χ3n) is 5.80. The van der Waals surface area contributed by atoms with E-state index in [0.29, 0.717) is 22.3 Å². The molecule has 9 nitrogen and oxygen atoms in total. The van der Waals surface area contributed by atoms with Crippen molar-refractivity contribution in [3.63, 3.8) is 0 Å². The second-order valence-corrected chi connectivity index (χ2v) is 9.08. The van der Waals surface area contributed by atoms with Crippen LogP contribution in [0.3, 0.4) is 0 Å². The van der Waals surface area contributed by atoms with Crippen molar-refractivity contribution in [2.45, 2.75) is 12.0 Å². The van der Waals surface area contributed by atoms with Gasteiger partial charge in [0.15, 0.2) is 11.4 Å². The predicted octanol–water partition coefficient (Wildman–Crippen LogP) is 3.81. The minimum atomic E-state index is -1.42. The number of carbonyl (C=O) groups is 3. The lowest BCUT2D eigenvalue weighted by atomic mass is 9.77. The van der Waals surface area contributed by atoms with E-state index in [1.807, 2.05) is 0 Å². The third kappa shape index (κ3) is 3.71. The number of esters is 1. The number of anilines is 1. The fourth-order valence-corrected chi connectivity index (χ4v) is 5.06. The number of ether oxygens (including phenoxy) is 2. The standard InChI is InChI=1S/C25H19NO8S/c27-13-5-6-16-19(11-13)33-23-17(25(16)15-4-2-1-3-14(15)24(32)34-25)7-8-18(28)22(23)26-20(29)12-35-10-9-21(30)31/h1-8,11,27-28H,9-10,12H2,(H,26,29)(H,30,31). The second kappa shape index (κ2) is 8.55. The first-order valence-corrected chi connectivity index (χ1v) is 11.8. The lowest BCUT2D eigenvalue weighted by molar-refractivity contribution is -0.136. The molecule has 0 aromatic heterocycles. The number of phenolic OH excluding ortho intramolecular Hbond substituents is 2. The minimum Gasteiger partial charge on any atom is -0.508 e. The molecule has 4 N–H and O–H groups in total. The van der Waals surface area contributed by atoms with Gasteiger partial charge >= 0.3 is 11.9 Å². The topological polar surface area (TPSA) is 142 Å². The number of phenols is 2. The molecule has 2 aliphatic heterocycles.